The molecule has 0 heterocycles. The molecule has 0 aliphatic carbocycles. The van der Waals surface area contributed by atoms with Gasteiger partial charge in [0.15, 0.2) is 0 Å². The summed E-state index contributed by atoms with van der Waals surface area (Å²) < 4.78 is 27.1. The molecule has 6 heteroatoms. The lowest BCUT2D eigenvalue weighted by Gasteiger charge is -2.11. The first-order valence-corrected chi connectivity index (χ1v) is 8.78. The molecular weight excluding hydrogens is 314 g/mol. The molecule has 0 aliphatic rings. The summed E-state index contributed by atoms with van der Waals surface area (Å²) in [6.45, 7) is 4.21. The van der Waals surface area contributed by atoms with E-state index in [1.165, 1.54) is 24.3 Å². The number of carboxylic acid groups (broad SMARTS) is 1. The van der Waals surface area contributed by atoms with E-state index < -0.39 is 16.0 Å². The van der Waals surface area contributed by atoms with E-state index in [9.17, 15) is 13.2 Å². The highest BCUT2D eigenvalue weighted by Gasteiger charge is 2.15. The number of anilines is 1. The van der Waals surface area contributed by atoms with Crippen LogP contribution in [-0.2, 0) is 10.0 Å². The van der Waals surface area contributed by atoms with Crippen molar-refractivity contribution < 1.29 is 18.3 Å². The van der Waals surface area contributed by atoms with Gasteiger partial charge in [0.1, 0.15) is 0 Å². The lowest BCUT2D eigenvalue weighted by molar-refractivity contribution is 0.0696. The van der Waals surface area contributed by atoms with Crippen molar-refractivity contribution in [3.8, 4) is 0 Å². The molecule has 0 fully saturated rings. The van der Waals surface area contributed by atoms with Gasteiger partial charge >= 0.3 is 5.97 Å². The van der Waals surface area contributed by atoms with Gasteiger partial charge in [0.05, 0.1) is 10.5 Å². The molecule has 0 aliphatic heterocycles. The van der Waals surface area contributed by atoms with Crippen molar-refractivity contribution in [2.24, 2.45) is 0 Å². The molecule has 2 N–H and O–H groups in total. The number of rotatable bonds is 6. The second kappa shape index (κ2) is 6.83. The molecule has 0 saturated carbocycles. The van der Waals surface area contributed by atoms with Crippen LogP contribution in [0.2, 0.25) is 0 Å². The summed E-state index contributed by atoms with van der Waals surface area (Å²) in [7, 11) is -3.74. The molecule has 2 rings (SSSR count). The first kappa shape index (κ1) is 17.0. The van der Waals surface area contributed by atoms with Crippen LogP contribution in [0.5, 0.6) is 0 Å². The van der Waals surface area contributed by atoms with E-state index >= 15 is 0 Å². The van der Waals surface area contributed by atoms with Crippen molar-refractivity contribution in [1.82, 2.24) is 0 Å². The Kier molecular flexibility index (Phi) is 5.05. The molecule has 0 amide bonds. The third-order valence-corrected chi connectivity index (χ3v) is 5.15. The second-order valence-corrected chi connectivity index (χ2v) is 7.05. The summed E-state index contributed by atoms with van der Waals surface area (Å²) in [6, 6.07) is 12.3. The van der Waals surface area contributed by atoms with E-state index in [4.69, 9.17) is 5.11 Å². The van der Waals surface area contributed by atoms with Crippen LogP contribution in [0.25, 0.3) is 0 Å². The highest BCUT2D eigenvalue weighted by atomic mass is 32.2. The van der Waals surface area contributed by atoms with E-state index in [0.717, 1.165) is 12.0 Å². The number of hydrogen-bond donors (Lipinski definition) is 2. The molecule has 5 nitrogen and oxygen atoms in total. The third kappa shape index (κ3) is 4.10. The molecule has 1 atom stereocenters. The number of benzene rings is 2. The van der Waals surface area contributed by atoms with Gasteiger partial charge in [0.25, 0.3) is 10.0 Å². The van der Waals surface area contributed by atoms with Gasteiger partial charge in [-0.05, 0) is 54.3 Å². The van der Waals surface area contributed by atoms with Crippen molar-refractivity contribution in [3.05, 3.63) is 59.7 Å². The van der Waals surface area contributed by atoms with Gasteiger partial charge in [-0.1, -0.05) is 26.0 Å². The molecule has 0 saturated heterocycles. The molecule has 0 spiro atoms. The number of nitrogens with one attached hydrogen (secondary N) is 1. The summed E-state index contributed by atoms with van der Waals surface area (Å²) in [6.07, 6.45) is 1.01. The minimum atomic E-state index is -3.74. The SMILES string of the molecule is CC[C@@H](C)c1ccc(NS(=O)(=O)c2ccc(C(=O)O)cc2)cc1. The lowest BCUT2D eigenvalue weighted by Crippen LogP contribution is -2.13. The highest BCUT2D eigenvalue weighted by Crippen LogP contribution is 2.22. The Morgan fingerprint density at radius 2 is 1.65 bits per heavy atom. The molecule has 23 heavy (non-hydrogen) atoms. The van der Waals surface area contributed by atoms with Crippen molar-refractivity contribution in [2.75, 3.05) is 4.72 Å². The van der Waals surface area contributed by atoms with E-state index in [1.807, 2.05) is 12.1 Å². The summed E-state index contributed by atoms with van der Waals surface area (Å²) in [5.41, 5.74) is 1.67. The Morgan fingerprint density at radius 1 is 1.09 bits per heavy atom. The first-order valence-electron chi connectivity index (χ1n) is 7.29. The van der Waals surface area contributed by atoms with Gasteiger partial charge in [-0.2, -0.15) is 0 Å². The molecule has 0 bridgehead atoms. The molecule has 2 aromatic carbocycles. The standard InChI is InChI=1S/C17H19NO4S/c1-3-12(2)13-4-8-15(9-5-13)18-23(21,22)16-10-6-14(7-11-16)17(19)20/h4-12,18H,3H2,1-2H3,(H,19,20)/t12-/m1/s1. The van der Waals surface area contributed by atoms with Crippen LogP contribution >= 0.6 is 0 Å². The predicted octanol–water partition coefficient (Wildman–Crippen LogP) is 3.70. The highest BCUT2D eigenvalue weighted by molar-refractivity contribution is 7.92. The summed E-state index contributed by atoms with van der Waals surface area (Å²) in [5, 5.41) is 8.84. The maximum atomic E-state index is 12.3. The first-order chi connectivity index (χ1) is 10.8. The average Bonchev–Trinajstić information content (AvgIpc) is 2.54. The number of carboxylic acids is 1. The fourth-order valence-electron chi connectivity index (χ4n) is 2.11. The zero-order chi connectivity index (χ0) is 17.0. The Hall–Kier alpha value is -2.34. The number of aromatic carboxylic acids is 1. The maximum absolute atomic E-state index is 12.3. The summed E-state index contributed by atoms with van der Waals surface area (Å²) in [5.74, 6) is -0.674. The largest absolute Gasteiger partial charge is 0.478 e. The van der Waals surface area contributed by atoms with Crippen molar-refractivity contribution in [1.29, 1.82) is 0 Å². The fourth-order valence-corrected chi connectivity index (χ4v) is 3.16. The minimum absolute atomic E-state index is 0.0218. The zero-order valence-corrected chi connectivity index (χ0v) is 13.8. The molecule has 0 unspecified atom stereocenters. The quantitative estimate of drug-likeness (QED) is 0.844. The van der Waals surface area contributed by atoms with Crippen LogP contribution < -0.4 is 4.72 Å². The Morgan fingerprint density at radius 3 is 2.13 bits per heavy atom. The van der Waals surface area contributed by atoms with Crippen LogP contribution in [0, 0.1) is 0 Å². The lowest BCUT2D eigenvalue weighted by atomic mass is 9.99. The van der Waals surface area contributed by atoms with Gasteiger partial charge < -0.3 is 5.11 Å². The van der Waals surface area contributed by atoms with Gasteiger partial charge in [-0.15, -0.1) is 0 Å². The molecule has 122 valence electrons. The van der Waals surface area contributed by atoms with Crippen molar-refractivity contribution in [2.45, 2.75) is 31.1 Å². The smallest absolute Gasteiger partial charge is 0.335 e. The minimum Gasteiger partial charge on any atom is -0.478 e. The third-order valence-electron chi connectivity index (χ3n) is 3.76. The fraction of sp³-hybridized carbons (Fsp3) is 0.235. The van der Waals surface area contributed by atoms with E-state index in [1.54, 1.807) is 12.1 Å². The Labute approximate surface area is 136 Å². The topological polar surface area (TPSA) is 83.5 Å². The van der Waals surface area contributed by atoms with Gasteiger partial charge in [0.2, 0.25) is 0 Å². The average molecular weight is 333 g/mol. The Balaban J connectivity index is 2.19. The van der Waals surface area contributed by atoms with Crippen molar-refractivity contribution in [3.63, 3.8) is 0 Å². The Bertz CT molecular complexity index is 780. The van der Waals surface area contributed by atoms with Crippen LogP contribution in [0.3, 0.4) is 0 Å². The normalized spacial score (nSPS) is 12.6. The monoisotopic (exact) mass is 333 g/mol. The summed E-state index contributed by atoms with van der Waals surface area (Å²) in [4.78, 5) is 10.8. The van der Waals surface area contributed by atoms with Crippen molar-refractivity contribution >= 4 is 21.7 Å². The van der Waals surface area contributed by atoms with Gasteiger partial charge in [0, 0.05) is 5.69 Å². The maximum Gasteiger partial charge on any atom is 0.335 e. The second-order valence-electron chi connectivity index (χ2n) is 5.37. The molecular formula is C17H19NO4S. The number of hydrogen-bond acceptors (Lipinski definition) is 3. The molecule has 2 aromatic rings. The zero-order valence-electron chi connectivity index (χ0n) is 13.0. The van der Waals surface area contributed by atoms with Crippen LogP contribution in [0.4, 0.5) is 5.69 Å². The van der Waals surface area contributed by atoms with E-state index in [-0.39, 0.29) is 10.5 Å². The molecule has 0 aromatic heterocycles. The van der Waals surface area contributed by atoms with Crippen LogP contribution in [0.1, 0.15) is 42.1 Å². The van der Waals surface area contributed by atoms with Crippen LogP contribution in [0.15, 0.2) is 53.4 Å². The van der Waals surface area contributed by atoms with Crippen LogP contribution in [-0.4, -0.2) is 19.5 Å². The number of sulfonamides is 1. The predicted molar refractivity (Wildman–Crippen MR) is 89.4 cm³/mol. The van der Waals surface area contributed by atoms with E-state index in [0.29, 0.717) is 11.6 Å². The van der Waals surface area contributed by atoms with E-state index in [2.05, 4.69) is 18.6 Å². The number of carbonyl (C=O) groups is 1. The van der Waals surface area contributed by atoms with Gasteiger partial charge in [-0.25, -0.2) is 13.2 Å². The molecule has 0 radical (unpaired) electrons. The summed E-state index contributed by atoms with van der Waals surface area (Å²) >= 11 is 0. The van der Waals surface area contributed by atoms with Gasteiger partial charge in [-0.3, -0.25) is 4.72 Å².